The number of benzene rings is 2. The zero-order valence-electron chi connectivity index (χ0n) is 12.1. The standard InChI is InChI=1S/C16H17NO4S/c1-22(20,21)11-10-12-6-8-13(9-7-12)17-16(19)14-4-2-3-5-15(14)18/h2-9,18H,10-11H2,1H3,(H,17,19). The van der Waals surface area contributed by atoms with E-state index in [0.717, 1.165) is 5.56 Å². The maximum atomic E-state index is 12.0. The van der Waals surface area contributed by atoms with Gasteiger partial charge in [-0.2, -0.15) is 0 Å². The van der Waals surface area contributed by atoms with Crippen LogP contribution in [0.2, 0.25) is 0 Å². The van der Waals surface area contributed by atoms with E-state index in [1.54, 1.807) is 36.4 Å². The fraction of sp³-hybridized carbons (Fsp3) is 0.188. The minimum atomic E-state index is -2.99. The first kappa shape index (κ1) is 16.0. The number of carbonyl (C=O) groups excluding carboxylic acids is 1. The Balaban J connectivity index is 2.02. The lowest BCUT2D eigenvalue weighted by molar-refractivity contribution is 0.102. The third kappa shape index (κ3) is 4.60. The smallest absolute Gasteiger partial charge is 0.259 e. The predicted octanol–water partition coefficient (Wildman–Crippen LogP) is 2.23. The van der Waals surface area contributed by atoms with Gasteiger partial charge >= 0.3 is 0 Å². The number of nitrogens with one attached hydrogen (secondary N) is 1. The number of aromatic hydroxyl groups is 1. The summed E-state index contributed by atoms with van der Waals surface area (Å²) in [5.41, 5.74) is 1.66. The SMILES string of the molecule is CS(=O)(=O)CCc1ccc(NC(=O)c2ccccc2O)cc1. The molecule has 0 saturated carbocycles. The number of hydrogen-bond acceptors (Lipinski definition) is 4. The summed E-state index contributed by atoms with van der Waals surface area (Å²) in [6.45, 7) is 0. The molecule has 1 amide bonds. The average molecular weight is 319 g/mol. The first-order valence-corrected chi connectivity index (χ1v) is 8.77. The first-order chi connectivity index (χ1) is 10.3. The molecule has 5 nitrogen and oxygen atoms in total. The molecular weight excluding hydrogens is 302 g/mol. The number of anilines is 1. The van der Waals surface area contributed by atoms with Crippen molar-refractivity contribution in [2.24, 2.45) is 0 Å². The Bertz CT molecular complexity index is 767. The highest BCUT2D eigenvalue weighted by Crippen LogP contribution is 2.18. The molecule has 116 valence electrons. The molecule has 0 spiro atoms. The third-order valence-electron chi connectivity index (χ3n) is 3.12. The molecule has 2 aromatic carbocycles. The number of rotatable bonds is 5. The lowest BCUT2D eigenvalue weighted by Crippen LogP contribution is -2.12. The van der Waals surface area contributed by atoms with E-state index >= 15 is 0 Å². The van der Waals surface area contributed by atoms with Crippen molar-refractivity contribution in [3.05, 3.63) is 59.7 Å². The van der Waals surface area contributed by atoms with E-state index in [0.29, 0.717) is 12.1 Å². The highest BCUT2D eigenvalue weighted by atomic mass is 32.2. The second-order valence-electron chi connectivity index (χ2n) is 5.05. The fourth-order valence-electron chi connectivity index (χ4n) is 1.92. The largest absolute Gasteiger partial charge is 0.507 e. The Morgan fingerprint density at radius 1 is 1.09 bits per heavy atom. The Morgan fingerprint density at radius 2 is 1.73 bits per heavy atom. The van der Waals surface area contributed by atoms with Gasteiger partial charge in [-0.25, -0.2) is 8.42 Å². The van der Waals surface area contributed by atoms with E-state index in [2.05, 4.69) is 5.32 Å². The second kappa shape index (κ2) is 6.62. The maximum Gasteiger partial charge on any atom is 0.259 e. The molecule has 0 aliphatic heterocycles. The van der Waals surface area contributed by atoms with E-state index in [9.17, 15) is 18.3 Å². The highest BCUT2D eigenvalue weighted by molar-refractivity contribution is 7.90. The van der Waals surface area contributed by atoms with Gasteiger partial charge in [-0.05, 0) is 36.2 Å². The number of aryl methyl sites for hydroxylation is 1. The van der Waals surface area contributed by atoms with Crippen LogP contribution in [0.4, 0.5) is 5.69 Å². The van der Waals surface area contributed by atoms with Crippen LogP contribution in [-0.2, 0) is 16.3 Å². The molecule has 0 unspecified atom stereocenters. The molecule has 0 aromatic heterocycles. The van der Waals surface area contributed by atoms with Gasteiger partial charge in [0.15, 0.2) is 0 Å². The molecule has 22 heavy (non-hydrogen) atoms. The van der Waals surface area contributed by atoms with E-state index < -0.39 is 15.7 Å². The van der Waals surface area contributed by atoms with Gasteiger partial charge in [-0.1, -0.05) is 24.3 Å². The molecule has 0 radical (unpaired) electrons. The molecule has 0 aliphatic rings. The van der Waals surface area contributed by atoms with Crippen LogP contribution in [-0.4, -0.2) is 31.4 Å². The van der Waals surface area contributed by atoms with Gasteiger partial charge in [-0.15, -0.1) is 0 Å². The monoisotopic (exact) mass is 319 g/mol. The van der Waals surface area contributed by atoms with Crippen molar-refractivity contribution >= 4 is 21.4 Å². The summed E-state index contributed by atoms with van der Waals surface area (Å²) in [5.74, 6) is -0.386. The third-order valence-corrected chi connectivity index (χ3v) is 4.07. The Labute approximate surface area is 129 Å². The maximum absolute atomic E-state index is 12.0. The molecule has 6 heteroatoms. The van der Waals surface area contributed by atoms with Crippen molar-refractivity contribution in [2.75, 3.05) is 17.3 Å². The molecule has 2 aromatic rings. The fourth-order valence-corrected chi connectivity index (χ4v) is 2.53. The van der Waals surface area contributed by atoms with E-state index in [-0.39, 0.29) is 17.1 Å². The van der Waals surface area contributed by atoms with Crippen LogP contribution in [0.15, 0.2) is 48.5 Å². The van der Waals surface area contributed by atoms with Crippen molar-refractivity contribution < 1.29 is 18.3 Å². The number of hydrogen-bond donors (Lipinski definition) is 2. The van der Waals surface area contributed by atoms with Crippen LogP contribution in [0.3, 0.4) is 0 Å². The van der Waals surface area contributed by atoms with Crippen LogP contribution in [0, 0.1) is 0 Å². The molecule has 2 N–H and O–H groups in total. The molecule has 0 saturated heterocycles. The van der Waals surface area contributed by atoms with Crippen LogP contribution in [0.5, 0.6) is 5.75 Å². The van der Waals surface area contributed by atoms with Crippen molar-refractivity contribution in [3.8, 4) is 5.75 Å². The molecule has 2 rings (SSSR count). The van der Waals surface area contributed by atoms with Gasteiger partial charge in [-0.3, -0.25) is 4.79 Å². The van der Waals surface area contributed by atoms with E-state index in [1.165, 1.54) is 18.4 Å². The van der Waals surface area contributed by atoms with Crippen LogP contribution >= 0.6 is 0 Å². The zero-order chi connectivity index (χ0) is 16.2. The number of para-hydroxylation sites is 1. The Kier molecular flexibility index (Phi) is 4.82. The first-order valence-electron chi connectivity index (χ1n) is 6.71. The summed E-state index contributed by atoms with van der Waals surface area (Å²) in [4.78, 5) is 12.0. The quantitative estimate of drug-likeness (QED) is 0.885. The van der Waals surface area contributed by atoms with Gasteiger partial charge < -0.3 is 10.4 Å². The topological polar surface area (TPSA) is 83.5 Å². The van der Waals surface area contributed by atoms with Gasteiger partial charge in [0.1, 0.15) is 15.6 Å². The number of sulfone groups is 1. The van der Waals surface area contributed by atoms with Crippen molar-refractivity contribution in [1.82, 2.24) is 0 Å². The molecule has 0 aliphatic carbocycles. The molecular formula is C16H17NO4S. The lowest BCUT2D eigenvalue weighted by atomic mass is 10.1. The van der Waals surface area contributed by atoms with E-state index in [4.69, 9.17) is 0 Å². The number of carbonyl (C=O) groups is 1. The van der Waals surface area contributed by atoms with Gasteiger partial charge in [0, 0.05) is 11.9 Å². The summed E-state index contributed by atoms with van der Waals surface area (Å²) in [6, 6.07) is 13.2. The van der Waals surface area contributed by atoms with Crippen LogP contribution < -0.4 is 5.32 Å². The predicted molar refractivity (Wildman–Crippen MR) is 85.9 cm³/mol. The minimum Gasteiger partial charge on any atom is -0.507 e. The van der Waals surface area contributed by atoms with Crippen molar-refractivity contribution in [2.45, 2.75) is 6.42 Å². The summed E-state index contributed by atoms with van der Waals surface area (Å²) in [6.07, 6.45) is 1.64. The lowest BCUT2D eigenvalue weighted by Gasteiger charge is -2.07. The van der Waals surface area contributed by atoms with Gasteiger partial charge in [0.05, 0.1) is 11.3 Å². The summed E-state index contributed by atoms with van der Waals surface area (Å²) >= 11 is 0. The molecule has 0 fully saturated rings. The normalized spacial score (nSPS) is 11.1. The van der Waals surface area contributed by atoms with Gasteiger partial charge in [0.2, 0.25) is 0 Å². The van der Waals surface area contributed by atoms with Crippen LogP contribution in [0.25, 0.3) is 0 Å². The minimum absolute atomic E-state index is 0.0789. The van der Waals surface area contributed by atoms with Gasteiger partial charge in [0.25, 0.3) is 5.91 Å². The van der Waals surface area contributed by atoms with Crippen molar-refractivity contribution in [3.63, 3.8) is 0 Å². The van der Waals surface area contributed by atoms with E-state index in [1.807, 2.05) is 0 Å². The summed E-state index contributed by atoms with van der Waals surface area (Å²) < 4.78 is 22.3. The van der Waals surface area contributed by atoms with Crippen molar-refractivity contribution in [1.29, 1.82) is 0 Å². The zero-order valence-corrected chi connectivity index (χ0v) is 12.9. The highest BCUT2D eigenvalue weighted by Gasteiger charge is 2.10. The Morgan fingerprint density at radius 3 is 2.32 bits per heavy atom. The summed E-state index contributed by atoms with van der Waals surface area (Å²) in [7, 11) is -2.99. The average Bonchev–Trinajstić information content (AvgIpc) is 2.46. The number of amides is 1. The number of phenolic OH excluding ortho intramolecular Hbond substituents is 1. The molecule has 0 atom stereocenters. The molecule has 0 heterocycles. The summed E-state index contributed by atoms with van der Waals surface area (Å²) in [5, 5.41) is 12.3. The molecule has 0 bridgehead atoms. The Hall–Kier alpha value is -2.34. The van der Waals surface area contributed by atoms with Crippen LogP contribution in [0.1, 0.15) is 15.9 Å². The second-order valence-corrected chi connectivity index (χ2v) is 7.31. The number of phenols is 1.